The van der Waals surface area contributed by atoms with Gasteiger partial charge in [0.2, 0.25) is 5.95 Å². The van der Waals surface area contributed by atoms with Crippen molar-refractivity contribution in [3.05, 3.63) is 18.5 Å². The predicted molar refractivity (Wildman–Crippen MR) is 67.1 cm³/mol. The van der Waals surface area contributed by atoms with Gasteiger partial charge in [-0.1, -0.05) is 0 Å². The zero-order valence-electron chi connectivity index (χ0n) is 9.97. The molecule has 0 bridgehead atoms. The zero-order valence-corrected chi connectivity index (χ0v) is 9.97. The number of piperidine rings is 1. The van der Waals surface area contributed by atoms with E-state index in [-0.39, 0.29) is 0 Å². The van der Waals surface area contributed by atoms with Crippen LogP contribution in [0.3, 0.4) is 0 Å². The molecule has 3 rings (SSSR count). The van der Waals surface area contributed by atoms with E-state index in [0.29, 0.717) is 12.1 Å². The SMILES string of the molecule is c1cnc(N2CCC(NC3CNC3)CC2)nc1. The summed E-state index contributed by atoms with van der Waals surface area (Å²) >= 11 is 0. The fourth-order valence-corrected chi connectivity index (χ4v) is 2.44. The lowest BCUT2D eigenvalue weighted by Crippen LogP contribution is -2.59. The summed E-state index contributed by atoms with van der Waals surface area (Å²) in [6.07, 6.45) is 6.00. The van der Waals surface area contributed by atoms with Gasteiger partial charge in [0.05, 0.1) is 0 Å². The monoisotopic (exact) mass is 233 g/mol. The smallest absolute Gasteiger partial charge is 0.225 e. The van der Waals surface area contributed by atoms with E-state index in [1.165, 1.54) is 12.8 Å². The highest BCUT2D eigenvalue weighted by Gasteiger charge is 2.25. The molecule has 0 saturated carbocycles. The van der Waals surface area contributed by atoms with Crippen LogP contribution >= 0.6 is 0 Å². The highest BCUT2D eigenvalue weighted by molar-refractivity contribution is 5.29. The van der Waals surface area contributed by atoms with Crippen LogP contribution in [0.2, 0.25) is 0 Å². The number of rotatable bonds is 3. The van der Waals surface area contributed by atoms with Crippen LogP contribution in [0.4, 0.5) is 5.95 Å². The Morgan fingerprint density at radius 1 is 1.12 bits per heavy atom. The zero-order chi connectivity index (χ0) is 11.5. The molecule has 1 aromatic rings. The Balaban J connectivity index is 1.50. The van der Waals surface area contributed by atoms with Gasteiger partial charge in [-0.2, -0.15) is 0 Å². The fourth-order valence-electron chi connectivity index (χ4n) is 2.44. The van der Waals surface area contributed by atoms with Gasteiger partial charge in [0.25, 0.3) is 0 Å². The Hall–Kier alpha value is -1.20. The molecule has 0 atom stereocenters. The average Bonchev–Trinajstić information content (AvgIpc) is 2.36. The molecule has 17 heavy (non-hydrogen) atoms. The van der Waals surface area contributed by atoms with Crippen LogP contribution in [0, 0.1) is 0 Å². The summed E-state index contributed by atoms with van der Waals surface area (Å²) in [4.78, 5) is 10.9. The third-order valence-corrected chi connectivity index (χ3v) is 3.58. The summed E-state index contributed by atoms with van der Waals surface area (Å²) in [7, 11) is 0. The summed E-state index contributed by atoms with van der Waals surface area (Å²) < 4.78 is 0. The van der Waals surface area contributed by atoms with Crippen molar-refractivity contribution in [2.24, 2.45) is 0 Å². The van der Waals surface area contributed by atoms with Crippen molar-refractivity contribution >= 4 is 5.95 Å². The van der Waals surface area contributed by atoms with Crippen molar-refractivity contribution in [3.63, 3.8) is 0 Å². The summed E-state index contributed by atoms with van der Waals surface area (Å²) in [5, 5.41) is 6.99. The van der Waals surface area contributed by atoms with Crippen LogP contribution in [-0.4, -0.2) is 48.2 Å². The van der Waals surface area contributed by atoms with Crippen LogP contribution < -0.4 is 15.5 Å². The average molecular weight is 233 g/mol. The molecule has 92 valence electrons. The molecule has 3 heterocycles. The third-order valence-electron chi connectivity index (χ3n) is 3.58. The van der Waals surface area contributed by atoms with E-state index in [1.807, 2.05) is 18.5 Å². The molecule has 2 saturated heterocycles. The standard InChI is InChI=1S/C12H19N5/c1-4-14-12(15-5-1)17-6-2-10(3-7-17)16-11-8-13-9-11/h1,4-5,10-11,13,16H,2-3,6-9H2. The quantitative estimate of drug-likeness (QED) is 0.770. The maximum Gasteiger partial charge on any atom is 0.225 e. The van der Waals surface area contributed by atoms with Gasteiger partial charge in [0.1, 0.15) is 0 Å². The van der Waals surface area contributed by atoms with E-state index in [4.69, 9.17) is 0 Å². The molecule has 0 aliphatic carbocycles. The number of anilines is 1. The van der Waals surface area contributed by atoms with Gasteiger partial charge < -0.3 is 15.5 Å². The van der Waals surface area contributed by atoms with Gasteiger partial charge in [0, 0.05) is 50.7 Å². The lowest BCUT2D eigenvalue weighted by molar-refractivity contribution is 0.298. The van der Waals surface area contributed by atoms with Crippen molar-refractivity contribution in [2.45, 2.75) is 24.9 Å². The largest absolute Gasteiger partial charge is 0.341 e. The van der Waals surface area contributed by atoms with E-state index in [2.05, 4.69) is 25.5 Å². The summed E-state index contributed by atoms with van der Waals surface area (Å²) in [5.74, 6) is 0.872. The summed E-state index contributed by atoms with van der Waals surface area (Å²) in [5.41, 5.74) is 0. The molecule has 0 spiro atoms. The minimum Gasteiger partial charge on any atom is -0.341 e. The Kier molecular flexibility index (Phi) is 3.20. The van der Waals surface area contributed by atoms with Gasteiger partial charge in [-0.25, -0.2) is 9.97 Å². The third kappa shape index (κ3) is 2.56. The predicted octanol–water partition coefficient (Wildman–Crippen LogP) is 0.00680. The molecule has 1 aromatic heterocycles. The van der Waals surface area contributed by atoms with Crippen molar-refractivity contribution in [2.75, 3.05) is 31.1 Å². The van der Waals surface area contributed by atoms with Gasteiger partial charge in [0.15, 0.2) is 0 Å². The summed E-state index contributed by atoms with van der Waals surface area (Å²) in [6.45, 7) is 4.37. The van der Waals surface area contributed by atoms with Crippen molar-refractivity contribution in [1.82, 2.24) is 20.6 Å². The second-order valence-corrected chi connectivity index (χ2v) is 4.83. The van der Waals surface area contributed by atoms with E-state index < -0.39 is 0 Å². The normalized spacial score (nSPS) is 22.5. The molecule has 2 fully saturated rings. The van der Waals surface area contributed by atoms with Gasteiger partial charge >= 0.3 is 0 Å². The van der Waals surface area contributed by atoms with Crippen LogP contribution in [0.25, 0.3) is 0 Å². The van der Waals surface area contributed by atoms with E-state index >= 15 is 0 Å². The van der Waals surface area contributed by atoms with Crippen LogP contribution in [-0.2, 0) is 0 Å². The van der Waals surface area contributed by atoms with Crippen molar-refractivity contribution < 1.29 is 0 Å². The first-order valence-electron chi connectivity index (χ1n) is 6.40. The van der Waals surface area contributed by atoms with E-state index in [1.54, 1.807) is 0 Å². The molecule has 0 unspecified atom stereocenters. The summed E-state index contributed by atoms with van der Waals surface area (Å²) in [6, 6.07) is 3.23. The Morgan fingerprint density at radius 2 is 1.82 bits per heavy atom. The first kappa shape index (κ1) is 10.9. The molecule has 5 heteroatoms. The van der Waals surface area contributed by atoms with Crippen molar-refractivity contribution in [3.8, 4) is 0 Å². The van der Waals surface area contributed by atoms with Crippen molar-refractivity contribution in [1.29, 1.82) is 0 Å². The number of hydrogen-bond acceptors (Lipinski definition) is 5. The van der Waals surface area contributed by atoms with Crippen LogP contribution in [0.1, 0.15) is 12.8 Å². The highest BCUT2D eigenvalue weighted by atomic mass is 15.3. The number of aromatic nitrogens is 2. The number of nitrogens with one attached hydrogen (secondary N) is 2. The first-order valence-corrected chi connectivity index (χ1v) is 6.40. The lowest BCUT2D eigenvalue weighted by atomic mass is 10.0. The maximum atomic E-state index is 4.30. The van der Waals surface area contributed by atoms with E-state index in [9.17, 15) is 0 Å². The van der Waals surface area contributed by atoms with Crippen LogP contribution in [0.5, 0.6) is 0 Å². The van der Waals surface area contributed by atoms with Gasteiger partial charge in [-0.05, 0) is 18.9 Å². The molecule has 5 nitrogen and oxygen atoms in total. The number of nitrogens with zero attached hydrogens (tertiary/aromatic N) is 3. The minimum absolute atomic E-state index is 0.669. The van der Waals surface area contributed by atoms with Gasteiger partial charge in [-0.3, -0.25) is 0 Å². The topological polar surface area (TPSA) is 53.1 Å². The first-order chi connectivity index (χ1) is 8.42. The second kappa shape index (κ2) is 4.98. The molecule has 2 aliphatic rings. The molecule has 0 amide bonds. The molecule has 0 radical (unpaired) electrons. The molecular weight excluding hydrogens is 214 g/mol. The lowest BCUT2D eigenvalue weighted by Gasteiger charge is -2.37. The molecule has 2 aliphatic heterocycles. The van der Waals surface area contributed by atoms with E-state index in [0.717, 1.165) is 32.1 Å². The maximum absolute atomic E-state index is 4.30. The Labute approximate surface area is 102 Å². The molecular formula is C12H19N5. The fraction of sp³-hybridized carbons (Fsp3) is 0.667. The highest BCUT2D eigenvalue weighted by Crippen LogP contribution is 2.15. The van der Waals surface area contributed by atoms with Crippen LogP contribution in [0.15, 0.2) is 18.5 Å². The molecule has 0 aromatic carbocycles. The Bertz CT molecular complexity index is 343. The second-order valence-electron chi connectivity index (χ2n) is 4.83. The minimum atomic E-state index is 0.669. The molecule has 2 N–H and O–H groups in total. The van der Waals surface area contributed by atoms with Gasteiger partial charge in [-0.15, -0.1) is 0 Å². The Morgan fingerprint density at radius 3 is 2.41 bits per heavy atom. The number of hydrogen-bond donors (Lipinski definition) is 2.